The SMILES string of the molecule is Cc1ccc([C@@H]2C[C@H](C)N(S(=O)(=O)c3cccnc3C#N)C2)cc1. The first-order valence-corrected chi connectivity index (χ1v) is 9.31. The minimum absolute atomic E-state index is 0.0103. The van der Waals surface area contributed by atoms with Crippen LogP contribution in [-0.2, 0) is 10.0 Å². The van der Waals surface area contributed by atoms with Crippen molar-refractivity contribution in [3.05, 3.63) is 59.4 Å². The Balaban J connectivity index is 1.92. The molecule has 0 unspecified atom stereocenters. The number of nitriles is 1. The quantitative estimate of drug-likeness (QED) is 0.860. The predicted octanol–water partition coefficient (Wildman–Crippen LogP) is 2.83. The summed E-state index contributed by atoms with van der Waals surface area (Å²) in [7, 11) is -3.73. The van der Waals surface area contributed by atoms with Crippen molar-refractivity contribution in [3.8, 4) is 6.07 Å². The number of aryl methyl sites for hydroxylation is 1. The van der Waals surface area contributed by atoms with Gasteiger partial charge < -0.3 is 0 Å². The Morgan fingerprint density at radius 3 is 2.62 bits per heavy atom. The van der Waals surface area contributed by atoms with Crippen LogP contribution in [0.1, 0.15) is 36.1 Å². The molecule has 1 saturated heterocycles. The third-order valence-electron chi connectivity index (χ3n) is 4.53. The molecule has 1 fully saturated rings. The summed E-state index contributed by atoms with van der Waals surface area (Å²) in [6.45, 7) is 4.37. The number of rotatable bonds is 3. The summed E-state index contributed by atoms with van der Waals surface area (Å²) in [4.78, 5) is 3.87. The van der Waals surface area contributed by atoms with E-state index in [-0.39, 0.29) is 22.5 Å². The zero-order chi connectivity index (χ0) is 17.3. The van der Waals surface area contributed by atoms with Gasteiger partial charge in [-0.25, -0.2) is 13.4 Å². The van der Waals surface area contributed by atoms with Crippen LogP contribution in [0.25, 0.3) is 0 Å². The Morgan fingerprint density at radius 2 is 1.96 bits per heavy atom. The van der Waals surface area contributed by atoms with Crippen molar-refractivity contribution >= 4 is 10.0 Å². The van der Waals surface area contributed by atoms with Crippen molar-refractivity contribution in [2.45, 2.75) is 37.1 Å². The summed E-state index contributed by atoms with van der Waals surface area (Å²) in [6, 6.07) is 13.0. The topological polar surface area (TPSA) is 74.1 Å². The van der Waals surface area contributed by atoms with E-state index in [0.29, 0.717) is 6.54 Å². The Bertz CT molecular complexity index is 885. The second-order valence-corrected chi connectivity index (χ2v) is 8.09. The van der Waals surface area contributed by atoms with Crippen LogP contribution in [0.4, 0.5) is 0 Å². The van der Waals surface area contributed by atoms with Crippen molar-refractivity contribution in [1.29, 1.82) is 5.26 Å². The van der Waals surface area contributed by atoms with Crippen molar-refractivity contribution in [2.24, 2.45) is 0 Å². The van der Waals surface area contributed by atoms with Crippen LogP contribution >= 0.6 is 0 Å². The van der Waals surface area contributed by atoms with Gasteiger partial charge in [0.25, 0.3) is 0 Å². The lowest BCUT2D eigenvalue weighted by molar-refractivity contribution is 0.407. The van der Waals surface area contributed by atoms with E-state index in [4.69, 9.17) is 5.26 Å². The lowest BCUT2D eigenvalue weighted by Crippen LogP contribution is -2.34. The molecule has 0 radical (unpaired) electrons. The van der Waals surface area contributed by atoms with Crippen molar-refractivity contribution < 1.29 is 8.42 Å². The number of hydrogen-bond acceptors (Lipinski definition) is 4. The molecule has 2 heterocycles. The highest BCUT2D eigenvalue weighted by Gasteiger charge is 2.39. The Kier molecular flexibility index (Phi) is 4.39. The van der Waals surface area contributed by atoms with Crippen LogP contribution in [0, 0.1) is 18.3 Å². The van der Waals surface area contributed by atoms with Gasteiger partial charge in [-0.15, -0.1) is 0 Å². The minimum atomic E-state index is -3.73. The minimum Gasteiger partial charge on any atom is -0.244 e. The molecule has 0 N–H and O–H groups in total. The molecule has 6 heteroatoms. The molecule has 0 bridgehead atoms. The third kappa shape index (κ3) is 2.93. The molecule has 1 aromatic carbocycles. The number of sulfonamides is 1. The van der Waals surface area contributed by atoms with Crippen LogP contribution < -0.4 is 0 Å². The van der Waals surface area contributed by atoms with Crippen LogP contribution in [0.3, 0.4) is 0 Å². The van der Waals surface area contributed by atoms with E-state index in [1.807, 2.05) is 32.0 Å². The normalized spacial score (nSPS) is 21.5. The molecule has 1 aromatic heterocycles. The molecule has 0 amide bonds. The third-order valence-corrected chi connectivity index (χ3v) is 6.54. The molecule has 124 valence electrons. The number of pyridine rings is 1. The smallest absolute Gasteiger partial charge is 0.244 e. The first kappa shape index (κ1) is 16.6. The molecule has 2 atom stereocenters. The Morgan fingerprint density at radius 1 is 1.25 bits per heavy atom. The van der Waals surface area contributed by atoms with E-state index in [9.17, 15) is 8.42 Å². The maximum Gasteiger partial charge on any atom is 0.246 e. The summed E-state index contributed by atoms with van der Waals surface area (Å²) in [5.41, 5.74) is 2.28. The van der Waals surface area contributed by atoms with Gasteiger partial charge in [-0.05, 0) is 43.9 Å². The molecule has 0 saturated carbocycles. The fourth-order valence-corrected chi connectivity index (χ4v) is 5.01. The highest BCUT2D eigenvalue weighted by Crippen LogP contribution is 2.35. The van der Waals surface area contributed by atoms with E-state index in [2.05, 4.69) is 17.1 Å². The molecule has 2 aromatic rings. The van der Waals surface area contributed by atoms with Gasteiger partial charge >= 0.3 is 0 Å². The lowest BCUT2D eigenvalue weighted by Gasteiger charge is -2.21. The molecule has 5 nitrogen and oxygen atoms in total. The molecule has 0 spiro atoms. The van der Waals surface area contributed by atoms with Gasteiger partial charge in [0.05, 0.1) is 0 Å². The van der Waals surface area contributed by atoms with Crippen LogP contribution in [-0.4, -0.2) is 30.3 Å². The Hall–Kier alpha value is -2.23. The second-order valence-electron chi connectivity index (χ2n) is 6.23. The summed E-state index contributed by atoms with van der Waals surface area (Å²) in [5.74, 6) is 0.164. The molecule has 24 heavy (non-hydrogen) atoms. The maximum absolute atomic E-state index is 13.0. The van der Waals surface area contributed by atoms with Crippen molar-refractivity contribution in [1.82, 2.24) is 9.29 Å². The predicted molar refractivity (Wildman–Crippen MR) is 90.8 cm³/mol. The van der Waals surface area contributed by atoms with Gasteiger partial charge in [-0.3, -0.25) is 0 Å². The summed E-state index contributed by atoms with van der Waals surface area (Å²) >= 11 is 0. The fraction of sp³-hybridized carbons (Fsp3) is 0.333. The van der Waals surface area contributed by atoms with Crippen molar-refractivity contribution in [2.75, 3.05) is 6.54 Å². The average molecular weight is 341 g/mol. The summed E-state index contributed by atoms with van der Waals surface area (Å²) in [5, 5.41) is 9.15. The van der Waals surface area contributed by atoms with Gasteiger partial charge in [0.1, 0.15) is 11.0 Å². The lowest BCUT2D eigenvalue weighted by atomic mass is 9.96. The van der Waals surface area contributed by atoms with E-state index in [0.717, 1.165) is 12.0 Å². The molecular weight excluding hydrogens is 322 g/mol. The second kappa shape index (κ2) is 6.34. The first-order valence-electron chi connectivity index (χ1n) is 7.87. The van der Waals surface area contributed by atoms with E-state index >= 15 is 0 Å². The summed E-state index contributed by atoms with van der Waals surface area (Å²) < 4.78 is 27.5. The van der Waals surface area contributed by atoms with Gasteiger partial charge in [0.2, 0.25) is 10.0 Å². The average Bonchev–Trinajstić information content (AvgIpc) is 2.98. The number of benzene rings is 1. The zero-order valence-corrected chi connectivity index (χ0v) is 14.5. The van der Waals surface area contributed by atoms with Crippen molar-refractivity contribution in [3.63, 3.8) is 0 Å². The number of aromatic nitrogens is 1. The van der Waals surface area contributed by atoms with Crippen LogP contribution in [0.5, 0.6) is 0 Å². The van der Waals surface area contributed by atoms with Crippen LogP contribution in [0.2, 0.25) is 0 Å². The standard InChI is InChI=1S/C18H19N3O2S/c1-13-5-7-15(8-6-13)16-10-14(2)21(12-16)24(22,23)18-4-3-9-20-17(18)11-19/h3-9,14,16H,10,12H2,1-2H3/t14-,16+/m0/s1. The van der Waals surface area contributed by atoms with E-state index < -0.39 is 10.0 Å². The molecule has 1 aliphatic rings. The van der Waals surface area contributed by atoms with Gasteiger partial charge in [0, 0.05) is 18.8 Å². The van der Waals surface area contributed by atoms with E-state index in [1.165, 1.54) is 22.1 Å². The number of nitrogens with zero attached hydrogens (tertiary/aromatic N) is 3. The highest BCUT2D eigenvalue weighted by molar-refractivity contribution is 7.89. The highest BCUT2D eigenvalue weighted by atomic mass is 32.2. The molecule has 3 rings (SSSR count). The van der Waals surface area contributed by atoms with Crippen LogP contribution in [0.15, 0.2) is 47.5 Å². The Labute approximate surface area is 142 Å². The summed E-state index contributed by atoms with van der Waals surface area (Å²) in [6.07, 6.45) is 2.20. The van der Waals surface area contributed by atoms with Gasteiger partial charge in [-0.1, -0.05) is 29.8 Å². The monoisotopic (exact) mass is 341 g/mol. The largest absolute Gasteiger partial charge is 0.246 e. The number of hydrogen-bond donors (Lipinski definition) is 0. The first-order chi connectivity index (χ1) is 11.4. The molecule has 0 aliphatic carbocycles. The molecular formula is C18H19N3O2S. The van der Waals surface area contributed by atoms with E-state index in [1.54, 1.807) is 6.07 Å². The maximum atomic E-state index is 13.0. The van der Waals surface area contributed by atoms with Gasteiger partial charge in [-0.2, -0.15) is 9.57 Å². The molecule has 1 aliphatic heterocycles. The van der Waals surface area contributed by atoms with Gasteiger partial charge in [0.15, 0.2) is 5.69 Å². The zero-order valence-electron chi connectivity index (χ0n) is 13.7. The fourth-order valence-electron chi connectivity index (χ4n) is 3.23.